The van der Waals surface area contributed by atoms with Gasteiger partial charge in [0.2, 0.25) is 5.95 Å². The fourth-order valence-corrected chi connectivity index (χ4v) is 4.40. The van der Waals surface area contributed by atoms with Gasteiger partial charge in [0.15, 0.2) is 11.6 Å². The molecular weight excluding hydrogens is 448 g/mol. The maximum absolute atomic E-state index is 15.1. The predicted molar refractivity (Wildman–Crippen MR) is 135 cm³/mol. The number of nitrogens with one attached hydrogen (secondary N) is 1. The van der Waals surface area contributed by atoms with Gasteiger partial charge < -0.3 is 15.0 Å². The standard InChI is InChI=1S/C27H27F2N5O/c1-35-17-16-33-12-14-34(15-13-33)23-11-10-22(24(28)25(23)29)31-27-30-18-20-8-5-9-21(26(20)32-27)19-6-3-2-4-7-19/h2-11,18H,12-17H2,1H3,(H,30,31,32). The number of ether oxygens (including phenoxy) is 1. The van der Waals surface area contributed by atoms with Crippen LogP contribution in [0.4, 0.5) is 26.1 Å². The van der Waals surface area contributed by atoms with Crippen molar-refractivity contribution in [1.29, 1.82) is 0 Å². The van der Waals surface area contributed by atoms with Crippen LogP contribution in [0.5, 0.6) is 0 Å². The number of para-hydroxylation sites is 1. The van der Waals surface area contributed by atoms with Crippen LogP contribution >= 0.6 is 0 Å². The number of hydrogen-bond acceptors (Lipinski definition) is 6. The highest BCUT2D eigenvalue weighted by molar-refractivity contribution is 5.93. The lowest BCUT2D eigenvalue weighted by Gasteiger charge is -2.36. The lowest BCUT2D eigenvalue weighted by Crippen LogP contribution is -2.47. The van der Waals surface area contributed by atoms with Gasteiger partial charge in [-0.3, -0.25) is 4.90 Å². The molecule has 180 valence electrons. The quantitative estimate of drug-likeness (QED) is 0.402. The Balaban J connectivity index is 1.37. The summed E-state index contributed by atoms with van der Waals surface area (Å²) >= 11 is 0. The van der Waals surface area contributed by atoms with Gasteiger partial charge in [0.05, 0.1) is 23.5 Å². The summed E-state index contributed by atoms with van der Waals surface area (Å²) in [4.78, 5) is 13.1. The Labute approximate surface area is 203 Å². The van der Waals surface area contributed by atoms with E-state index in [0.29, 0.717) is 19.7 Å². The molecule has 1 fully saturated rings. The van der Waals surface area contributed by atoms with Crippen LogP contribution in [0.1, 0.15) is 0 Å². The van der Waals surface area contributed by atoms with E-state index in [0.717, 1.165) is 41.7 Å². The van der Waals surface area contributed by atoms with E-state index >= 15 is 8.78 Å². The number of anilines is 3. The van der Waals surface area contributed by atoms with E-state index in [1.54, 1.807) is 25.4 Å². The summed E-state index contributed by atoms with van der Waals surface area (Å²) in [5.74, 6) is -1.60. The second-order valence-electron chi connectivity index (χ2n) is 8.51. The second-order valence-corrected chi connectivity index (χ2v) is 8.51. The molecule has 0 spiro atoms. The number of nitrogens with zero attached hydrogens (tertiary/aromatic N) is 4. The van der Waals surface area contributed by atoms with Gasteiger partial charge in [0, 0.05) is 57.0 Å². The Morgan fingerprint density at radius 3 is 2.49 bits per heavy atom. The highest BCUT2D eigenvalue weighted by Gasteiger charge is 2.23. The van der Waals surface area contributed by atoms with Crippen molar-refractivity contribution >= 4 is 28.2 Å². The van der Waals surface area contributed by atoms with Crippen LogP contribution in [0.2, 0.25) is 0 Å². The van der Waals surface area contributed by atoms with E-state index in [-0.39, 0.29) is 17.3 Å². The average Bonchev–Trinajstić information content (AvgIpc) is 2.91. The van der Waals surface area contributed by atoms with Crippen LogP contribution in [0.15, 0.2) is 66.9 Å². The van der Waals surface area contributed by atoms with Crippen LogP contribution < -0.4 is 10.2 Å². The van der Waals surface area contributed by atoms with Crippen molar-refractivity contribution in [2.45, 2.75) is 0 Å². The first-order chi connectivity index (χ1) is 17.1. The monoisotopic (exact) mass is 475 g/mol. The lowest BCUT2D eigenvalue weighted by atomic mass is 10.0. The molecule has 0 unspecified atom stereocenters. The van der Waals surface area contributed by atoms with Gasteiger partial charge >= 0.3 is 0 Å². The summed E-state index contributed by atoms with van der Waals surface area (Å²) in [6.07, 6.45) is 1.68. The van der Waals surface area contributed by atoms with Gasteiger partial charge in [0.25, 0.3) is 0 Å². The molecular formula is C27H27F2N5O. The van der Waals surface area contributed by atoms with Gasteiger partial charge in [0.1, 0.15) is 0 Å². The molecule has 1 aromatic heterocycles. The normalized spacial score (nSPS) is 14.4. The number of halogens is 2. The maximum atomic E-state index is 15.1. The minimum atomic E-state index is -0.940. The molecule has 1 saturated heterocycles. The van der Waals surface area contributed by atoms with Crippen LogP contribution in [0, 0.1) is 11.6 Å². The van der Waals surface area contributed by atoms with Crippen molar-refractivity contribution in [2.24, 2.45) is 0 Å². The summed E-state index contributed by atoms with van der Waals surface area (Å²) in [7, 11) is 1.68. The second kappa shape index (κ2) is 10.3. The van der Waals surface area contributed by atoms with E-state index in [1.807, 2.05) is 53.4 Å². The number of benzene rings is 3. The van der Waals surface area contributed by atoms with E-state index in [4.69, 9.17) is 4.74 Å². The molecule has 2 heterocycles. The van der Waals surface area contributed by atoms with E-state index in [9.17, 15) is 0 Å². The summed E-state index contributed by atoms with van der Waals surface area (Å²) in [6, 6.07) is 18.9. The fraction of sp³-hybridized carbons (Fsp3) is 0.259. The maximum Gasteiger partial charge on any atom is 0.227 e. The van der Waals surface area contributed by atoms with Crippen molar-refractivity contribution in [3.63, 3.8) is 0 Å². The van der Waals surface area contributed by atoms with Gasteiger partial charge in [-0.15, -0.1) is 0 Å². The third kappa shape index (κ3) is 4.94. The van der Waals surface area contributed by atoms with Crippen LogP contribution in [0.25, 0.3) is 22.0 Å². The lowest BCUT2D eigenvalue weighted by molar-refractivity contribution is 0.144. The molecule has 35 heavy (non-hydrogen) atoms. The fourth-order valence-electron chi connectivity index (χ4n) is 4.40. The van der Waals surface area contributed by atoms with Gasteiger partial charge in [-0.1, -0.05) is 48.5 Å². The molecule has 1 N–H and O–H groups in total. The summed E-state index contributed by atoms with van der Waals surface area (Å²) in [5.41, 5.74) is 2.97. The molecule has 0 amide bonds. The van der Waals surface area contributed by atoms with E-state index in [2.05, 4.69) is 20.2 Å². The summed E-state index contributed by atoms with van der Waals surface area (Å²) in [5, 5.41) is 3.73. The van der Waals surface area contributed by atoms with Crippen molar-refractivity contribution in [3.8, 4) is 11.1 Å². The Hall–Kier alpha value is -3.62. The highest BCUT2D eigenvalue weighted by Crippen LogP contribution is 2.31. The number of fused-ring (bicyclic) bond motifs is 1. The number of aromatic nitrogens is 2. The van der Waals surface area contributed by atoms with Crippen molar-refractivity contribution in [2.75, 3.05) is 56.7 Å². The average molecular weight is 476 g/mol. The smallest absolute Gasteiger partial charge is 0.227 e. The SMILES string of the molecule is COCCN1CCN(c2ccc(Nc3ncc4cccc(-c5ccccc5)c4n3)c(F)c2F)CC1. The topological polar surface area (TPSA) is 53.5 Å². The zero-order valence-electron chi connectivity index (χ0n) is 19.5. The van der Waals surface area contributed by atoms with Gasteiger partial charge in [-0.05, 0) is 17.7 Å². The van der Waals surface area contributed by atoms with Crippen molar-refractivity contribution < 1.29 is 13.5 Å². The Morgan fingerprint density at radius 2 is 1.71 bits per heavy atom. The number of piperazine rings is 1. The minimum absolute atomic E-state index is 0.00141. The molecule has 0 radical (unpaired) electrons. The first-order valence-corrected chi connectivity index (χ1v) is 11.7. The van der Waals surface area contributed by atoms with Gasteiger partial charge in [-0.2, -0.15) is 0 Å². The zero-order chi connectivity index (χ0) is 24.2. The molecule has 6 nitrogen and oxygen atoms in total. The van der Waals surface area contributed by atoms with E-state index < -0.39 is 11.6 Å². The molecule has 1 aliphatic heterocycles. The third-order valence-corrected chi connectivity index (χ3v) is 6.33. The van der Waals surface area contributed by atoms with Crippen LogP contribution in [0.3, 0.4) is 0 Å². The first kappa shape index (κ1) is 23.1. The molecule has 4 aromatic rings. The van der Waals surface area contributed by atoms with Crippen molar-refractivity contribution in [1.82, 2.24) is 14.9 Å². The first-order valence-electron chi connectivity index (χ1n) is 11.7. The number of methoxy groups -OCH3 is 1. The largest absolute Gasteiger partial charge is 0.383 e. The number of rotatable bonds is 7. The molecule has 5 rings (SSSR count). The molecule has 1 aliphatic rings. The Kier molecular flexibility index (Phi) is 6.83. The van der Waals surface area contributed by atoms with E-state index in [1.165, 1.54) is 0 Å². The van der Waals surface area contributed by atoms with Crippen LogP contribution in [-0.2, 0) is 4.74 Å². The third-order valence-electron chi connectivity index (χ3n) is 6.33. The molecule has 0 bridgehead atoms. The molecule has 0 atom stereocenters. The zero-order valence-corrected chi connectivity index (χ0v) is 19.5. The molecule has 8 heteroatoms. The van der Waals surface area contributed by atoms with Crippen molar-refractivity contribution in [3.05, 3.63) is 78.5 Å². The molecule has 0 saturated carbocycles. The van der Waals surface area contributed by atoms with Gasteiger partial charge in [-0.25, -0.2) is 18.7 Å². The Morgan fingerprint density at radius 1 is 0.914 bits per heavy atom. The predicted octanol–water partition coefficient (Wildman–Crippen LogP) is 5.09. The Bertz CT molecular complexity index is 1310. The highest BCUT2D eigenvalue weighted by atomic mass is 19.2. The summed E-state index contributed by atoms with van der Waals surface area (Å²) in [6.45, 7) is 4.30. The summed E-state index contributed by atoms with van der Waals surface area (Å²) < 4.78 is 35.2. The molecule has 3 aromatic carbocycles. The minimum Gasteiger partial charge on any atom is -0.383 e. The number of hydrogen-bond donors (Lipinski definition) is 1. The molecule has 0 aliphatic carbocycles. The van der Waals surface area contributed by atoms with Crippen LogP contribution in [-0.4, -0.2) is 61.3 Å².